The monoisotopic (exact) mass is 525 g/mol. The van der Waals surface area contributed by atoms with Gasteiger partial charge in [-0.3, -0.25) is 19.3 Å². The third kappa shape index (κ3) is 5.30. The second-order valence-corrected chi connectivity index (χ2v) is 10.1. The molecule has 1 atom stereocenters. The number of carboxylic acids is 1. The zero-order valence-electron chi connectivity index (χ0n) is 21.7. The summed E-state index contributed by atoms with van der Waals surface area (Å²) in [5.74, 6) is -0.0951. The number of aryl methyl sites for hydroxylation is 1. The number of nitrogens with one attached hydrogen (secondary N) is 1. The predicted molar refractivity (Wildman–Crippen MR) is 148 cm³/mol. The van der Waals surface area contributed by atoms with Crippen LogP contribution in [0, 0.1) is 0 Å². The molecule has 4 aromatic rings. The predicted octanol–water partition coefficient (Wildman–Crippen LogP) is 4.60. The second-order valence-electron chi connectivity index (χ2n) is 10.1. The Morgan fingerprint density at radius 1 is 1.10 bits per heavy atom. The van der Waals surface area contributed by atoms with Crippen LogP contribution in [-0.4, -0.2) is 51.4 Å². The summed E-state index contributed by atoms with van der Waals surface area (Å²) < 4.78 is 7.79. The van der Waals surface area contributed by atoms with Crippen LogP contribution in [0.25, 0.3) is 10.9 Å². The molecule has 2 aromatic carbocycles. The zero-order valence-corrected chi connectivity index (χ0v) is 21.7. The van der Waals surface area contributed by atoms with Gasteiger partial charge in [-0.1, -0.05) is 12.1 Å². The largest absolute Gasteiger partial charge is 0.493 e. The SMILES string of the molecule is O=C(O)C[C@H](c1cccc(N2CCCC2=O)c1)n1ncc2cc(OCCc3ccc4c(n3)CCCN4)ccc21. The van der Waals surface area contributed by atoms with Crippen LogP contribution in [0.1, 0.15) is 48.7 Å². The molecular weight excluding hydrogens is 494 g/mol. The van der Waals surface area contributed by atoms with Gasteiger partial charge >= 0.3 is 5.97 Å². The van der Waals surface area contributed by atoms with Crippen molar-refractivity contribution in [1.82, 2.24) is 14.8 Å². The van der Waals surface area contributed by atoms with Gasteiger partial charge in [0.25, 0.3) is 0 Å². The molecule has 0 spiro atoms. The van der Waals surface area contributed by atoms with Crippen LogP contribution < -0.4 is 15.0 Å². The van der Waals surface area contributed by atoms with Crippen molar-refractivity contribution in [3.63, 3.8) is 0 Å². The van der Waals surface area contributed by atoms with E-state index >= 15 is 0 Å². The van der Waals surface area contributed by atoms with E-state index in [1.165, 1.54) is 0 Å². The Labute approximate surface area is 226 Å². The van der Waals surface area contributed by atoms with E-state index in [0.29, 0.717) is 26.0 Å². The number of carbonyl (C=O) groups excluding carboxylic acids is 1. The summed E-state index contributed by atoms with van der Waals surface area (Å²) in [7, 11) is 0. The maximum absolute atomic E-state index is 12.3. The molecule has 4 heterocycles. The Balaban J connectivity index is 1.19. The van der Waals surface area contributed by atoms with Crippen LogP contribution in [0.3, 0.4) is 0 Å². The summed E-state index contributed by atoms with van der Waals surface area (Å²) in [6.45, 7) is 2.18. The van der Waals surface area contributed by atoms with Crippen molar-refractivity contribution in [2.75, 3.05) is 29.9 Å². The molecule has 2 aliphatic rings. The lowest BCUT2D eigenvalue weighted by atomic mass is 10.0. The van der Waals surface area contributed by atoms with Crippen LogP contribution in [0.4, 0.5) is 11.4 Å². The lowest BCUT2D eigenvalue weighted by Crippen LogP contribution is -2.24. The van der Waals surface area contributed by atoms with Gasteiger partial charge in [-0.25, -0.2) is 0 Å². The highest BCUT2D eigenvalue weighted by atomic mass is 16.5. The number of fused-ring (bicyclic) bond motifs is 2. The lowest BCUT2D eigenvalue weighted by molar-refractivity contribution is -0.137. The average molecular weight is 526 g/mol. The first kappa shape index (κ1) is 24.9. The van der Waals surface area contributed by atoms with Crippen LogP contribution in [0.15, 0.2) is 60.8 Å². The summed E-state index contributed by atoms with van der Waals surface area (Å²) in [4.78, 5) is 30.7. The number of hydrogen-bond donors (Lipinski definition) is 2. The molecule has 0 saturated carbocycles. The molecule has 1 fully saturated rings. The number of carbonyl (C=O) groups is 2. The van der Waals surface area contributed by atoms with Gasteiger partial charge in [0.1, 0.15) is 5.75 Å². The molecule has 9 heteroatoms. The van der Waals surface area contributed by atoms with Crippen molar-refractivity contribution in [2.24, 2.45) is 0 Å². The lowest BCUT2D eigenvalue weighted by Gasteiger charge is -2.21. The zero-order chi connectivity index (χ0) is 26.8. The van der Waals surface area contributed by atoms with Gasteiger partial charge < -0.3 is 20.1 Å². The molecule has 39 heavy (non-hydrogen) atoms. The second kappa shape index (κ2) is 10.8. The van der Waals surface area contributed by atoms with Gasteiger partial charge in [-0.2, -0.15) is 5.10 Å². The summed E-state index contributed by atoms with van der Waals surface area (Å²) in [5.41, 5.74) is 5.68. The standard InChI is InChI=1S/C30H31N5O4/c36-29-7-3-14-34(29)23-5-1-4-20(16-23)28(18-30(37)38)35-27-11-9-24(17-21(27)19-32-35)39-15-12-22-8-10-25-26(33-22)6-2-13-31-25/h1,4-5,8-11,16-17,19,28,31H,2-3,6-7,12-15,18H2,(H,37,38)/t28-/m1/s1. The number of amides is 1. The number of rotatable bonds is 9. The third-order valence-electron chi connectivity index (χ3n) is 7.43. The molecule has 1 amide bonds. The summed E-state index contributed by atoms with van der Waals surface area (Å²) in [6.07, 6.45) is 5.79. The fourth-order valence-electron chi connectivity index (χ4n) is 5.49. The summed E-state index contributed by atoms with van der Waals surface area (Å²) >= 11 is 0. The first-order chi connectivity index (χ1) is 19.0. The average Bonchev–Trinajstić information content (AvgIpc) is 3.57. The molecule has 0 radical (unpaired) electrons. The maximum Gasteiger partial charge on any atom is 0.305 e. The number of aromatic nitrogens is 3. The van der Waals surface area contributed by atoms with Crippen molar-refractivity contribution in [3.8, 4) is 5.75 Å². The van der Waals surface area contributed by atoms with Gasteiger partial charge in [0.2, 0.25) is 5.91 Å². The van der Waals surface area contributed by atoms with E-state index in [-0.39, 0.29) is 12.3 Å². The number of ether oxygens (including phenoxy) is 1. The smallest absolute Gasteiger partial charge is 0.305 e. The van der Waals surface area contributed by atoms with E-state index in [0.717, 1.165) is 70.8 Å². The van der Waals surface area contributed by atoms with Crippen LogP contribution in [0.5, 0.6) is 5.75 Å². The highest BCUT2D eigenvalue weighted by molar-refractivity contribution is 5.95. The molecule has 6 rings (SSSR count). The van der Waals surface area contributed by atoms with Crippen molar-refractivity contribution in [2.45, 2.75) is 44.6 Å². The molecular formula is C30H31N5O4. The molecule has 200 valence electrons. The van der Waals surface area contributed by atoms with Gasteiger partial charge in [-0.05, 0) is 67.3 Å². The Bertz CT molecular complexity index is 1530. The van der Waals surface area contributed by atoms with E-state index in [4.69, 9.17) is 9.72 Å². The minimum atomic E-state index is -0.919. The molecule has 0 bridgehead atoms. The normalized spacial score (nSPS) is 15.7. The van der Waals surface area contributed by atoms with E-state index in [9.17, 15) is 14.7 Å². The summed E-state index contributed by atoms with van der Waals surface area (Å²) in [6, 6.07) is 16.9. The maximum atomic E-state index is 12.3. The van der Waals surface area contributed by atoms with Crippen molar-refractivity contribution in [3.05, 3.63) is 77.7 Å². The van der Waals surface area contributed by atoms with Crippen LogP contribution in [-0.2, 0) is 22.4 Å². The minimum absolute atomic E-state index is 0.0958. The van der Waals surface area contributed by atoms with E-state index in [2.05, 4.69) is 16.5 Å². The number of carboxylic acid groups (broad SMARTS) is 1. The number of nitrogens with zero attached hydrogens (tertiary/aromatic N) is 4. The number of hydrogen-bond acceptors (Lipinski definition) is 6. The van der Waals surface area contributed by atoms with Crippen molar-refractivity contribution < 1.29 is 19.4 Å². The van der Waals surface area contributed by atoms with Gasteiger partial charge in [-0.15, -0.1) is 0 Å². The quantitative estimate of drug-likeness (QED) is 0.329. The molecule has 9 nitrogen and oxygen atoms in total. The molecule has 2 aliphatic heterocycles. The topological polar surface area (TPSA) is 110 Å². The van der Waals surface area contributed by atoms with Gasteiger partial charge in [0.05, 0.1) is 42.2 Å². The first-order valence-corrected chi connectivity index (χ1v) is 13.5. The number of aliphatic carboxylic acids is 1. The fourth-order valence-corrected chi connectivity index (χ4v) is 5.49. The third-order valence-corrected chi connectivity index (χ3v) is 7.43. The van der Waals surface area contributed by atoms with Crippen molar-refractivity contribution >= 4 is 34.2 Å². The van der Waals surface area contributed by atoms with E-state index < -0.39 is 12.0 Å². The Kier molecular flexibility index (Phi) is 6.87. The Hall–Kier alpha value is -4.40. The van der Waals surface area contributed by atoms with Gasteiger partial charge in [0, 0.05) is 42.7 Å². The fraction of sp³-hybridized carbons (Fsp3) is 0.333. The minimum Gasteiger partial charge on any atom is -0.493 e. The van der Waals surface area contributed by atoms with Gasteiger partial charge in [0.15, 0.2) is 0 Å². The first-order valence-electron chi connectivity index (χ1n) is 13.5. The number of benzene rings is 2. The Morgan fingerprint density at radius 2 is 2.03 bits per heavy atom. The Morgan fingerprint density at radius 3 is 2.87 bits per heavy atom. The summed E-state index contributed by atoms with van der Waals surface area (Å²) in [5, 5.41) is 18.5. The highest BCUT2D eigenvalue weighted by Gasteiger charge is 2.25. The number of anilines is 2. The molecule has 0 aliphatic carbocycles. The molecule has 2 aromatic heterocycles. The van der Waals surface area contributed by atoms with Crippen LogP contribution >= 0.6 is 0 Å². The molecule has 0 unspecified atom stereocenters. The van der Waals surface area contributed by atoms with Crippen molar-refractivity contribution in [1.29, 1.82) is 0 Å². The highest BCUT2D eigenvalue weighted by Crippen LogP contribution is 2.31. The molecule has 1 saturated heterocycles. The van der Waals surface area contributed by atoms with E-state index in [1.54, 1.807) is 15.8 Å². The van der Waals surface area contributed by atoms with Crippen LogP contribution in [0.2, 0.25) is 0 Å². The number of pyridine rings is 1. The molecule has 2 N–H and O–H groups in total. The van der Waals surface area contributed by atoms with E-state index in [1.807, 2.05) is 48.5 Å².